The standard InChI is InChI=1S/C15H9F9N/c16-12(17,13(18,19)14(20,21)15(22,23)24)10-4-6-11(7-5-10)25-8-2-1-3-9-25/h1-9H/q+1. The molecule has 0 fully saturated rings. The monoisotopic (exact) mass is 374 g/mol. The van der Waals surface area contributed by atoms with E-state index >= 15 is 0 Å². The van der Waals surface area contributed by atoms with Crippen molar-refractivity contribution in [3.63, 3.8) is 0 Å². The molecule has 25 heavy (non-hydrogen) atoms. The van der Waals surface area contributed by atoms with Gasteiger partial charge < -0.3 is 0 Å². The molecule has 10 heteroatoms. The van der Waals surface area contributed by atoms with Gasteiger partial charge in [0.1, 0.15) is 0 Å². The van der Waals surface area contributed by atoms with Gasteiger partial charge in [-0.25, -0.2) is 0 Å². The van der Waals surface area contributed by atoms with Gasteiger partial charge in [-0.15, -0.1) is 0 Å². The summed E-state index contributed by atoms with van der Waals surface area (Å²) in [7, 11) is 0. The summed E-state index contributed by atoms with van der Waals surface area (Å²) in [5.74, 6) is -19.3. The molecular weight excluding hydrogens is 365 g/mol. The zero-order valence-corrected chi connectivity index (χ0v) is 12.0. The third kappa shape index (κ3) is 3.05. The van der Waals surface area contributed by atoms with E-state index in [0.717, 1.165) is 12.1 Å². The molecule has 0 unspecified atom stereocenters. The Hall–Kier alpha value is -2.26. The predicted octanol–water partition coefficient (Wildman–Crippen LogP) is 4.89. The van der Waals surface area contributed by atoms with Gasteiger partial charge in [-0.1, -0.05) is 6.07 Å². The van der Waals surface area contributed by atoms with Crippen LogP contribution < -0.4 is 4.57 Å². The fourth-order valence-corrected chi connectivity index (χ4v) is 1.97. The second kappa shape index (κ2) is 5.92. The van der Waals surface area contributed by atoms with Crippen LogP contribution >= 0.6 is 0 Å². The second-order valence-corrected chi connectivity index (χ2v) is 5.05. The average Bonchev–Trinajstić information content (AvgIpc) is 2.54. The van der Waals surface area contributed by atoms with Gasteiger partial charge in [0.2, 0.25) is 5.69 Å². The molecule has 0 spiro atoms. The average molecular weight is 374 g/mol. The summed E-state index contributed by atoms with van der Waals surface area (Å²) in [5, 5.41) is 0. The van der Waals surface area contributed by atoms with Gasteiger partial charge in [0.05, 0.1) is 0 Å². The lowest BCUT2D eigenvalue weighted by molar-refractivity contribution is -0.595. The van der Waals surface area contributed by atoms with Crippen molar-refractivity contribution in [3.05, 3.63) is 60.4 Å². The summed E-state index contributed by atoms with van der Waals surface area (Å²) < 4.78 is 118. The van der Waals surface area contributed by atoms with Gasteiger partial charge >= 0.3 is 23.9 Å². The van der Waals surface area contributed by atoms with Crippen molar-refractivity contribution in [2.75, 3.05) is 0 Å². The fourth-order valence-electron chi connectivity index (χ4n) is 1.97. The molecule has 1 nitrogen and oxygen atoms in total. The summed E-state index contributed by atoms with van der Waals surface area (Å²) >= 11 is 0. The molecule has 0 atom stereocenters. The number of halogens is 9. The quantitative estimate of drug-likeness (QED) is 0.530. The minimum atomic E-state index is -6.91. The van der Waals surface area contributed by atoms with Crippen LogP contribution in [0.15, 0.2) is 54.9 Å². The smallest absolute Gasteiger partial charge is 0.194 e. The Morgan fingerprint density at radius 1 is 0.600 bits per heavy atom. The Morgan fingerprint density at radius 2 is 1.08 bits per heavy atom. The van der Waals surface area contributed by atoms with Crippen LogP contribution in [-0.4, -0.2) is 18.0 Å². The van der Waals surface area contributed by atoms with Crippen molar-refractivity contribution in [1.29, 1.82) is 0 Å². The predicted molar refractivity (Wildman–Crippen MR) is 67.8 cm³/mol. The van der Waals surface area contributed by atoms with E-state index in [0.29, 0.717) is 12.1 Å². The number of aromatic nitrogens is 1. The number of nitrogens with zero attached hydrogens (tertiary/aromatic N) is 1. The first-order valence-corrected chi connectivity index (χ1v) is 6.60. The number of pyridine rings is 1. The largest absolute Gasteiger partial charge is 0.460 e. The number of alkyl halides is 9. The van der Waals surface area contributed by atoms with E-state index in [-0.39, 0.29) is 5.69 Å². The van der Waals surface area contributed by atoms with E-state index in [2.05, 4.69) is 0 Å². The van der Waals surface area contributed by atoms with E-state index in [1.807, 2.05) is 0 Å². The van der Waals surface area contributed by atoms with Crippen LogP contribution in [0.2, 0.25) is 0 Å². The summed E-state index contributed by atoms with van der Waals surface area (Å²) in [6, 6.07) is 7.31. The normalized spacial score (nSPS) is 13.8. The van der Waals surface area contributed by atoms with Gasteiger partial charge in [-0.05, 0) is 12.1 Å². The second-order valence-electron chi connectivity index (χ2n) is 5.05. The Labute approximate surface area is 135 Å². The molecule has 136 valence electrons. The topological polar surface area (TPSA) is 3.88 Å². The Kier molecular flexibility index (Phi) is 4.52. The molecule has 0 saturated carbocycles. The first kappa shape index (κ1) is 19.1. The highest BCUT2D eigenvalue weighted by atomic mass is 19.4. The molecule has 0 N–H and O–H groups in total. The summed E-state index contributed by atoms with van der Waals surface area (Å²) in [5.41, 5.74) is -1.45. The summed E-state index contributed by atoms with van der Waals surface area (Å²) in [6.45, 7) is 0. The van der Waals surface area contributed by atoms with Crippen LogP contribution in [0.4, 0.5) is 39.5 Å². The maximum atomic E-state index is 13.8. The molecule has 1 heterocycles. The Bertz CT molecular complexity index is 721. The van der Waals surface area contributed by atoms with Crippen molar-refractivity contribution in [2.24, 2.45) is 0 Å². The molecule has 1 aromatic heterocycles. The van der Waals surface area contributed by atoms with E-state index in [1.165, 1.54) is 17.0 Å². The first-order valence-electron chi connectivity index (χ1n) is 6.60. The van der Waals surface area contributed by atoms with Crippen molar-refractivity contribution >= 4 is 0 Å². The third-order valence-electron chi connectivity index (χ3n) is 3.39. The highest BCUT2D eigenvalue weighted by molar-refractivity contribution is 5.32. The highest BCUT2D eigenvalue weighted by Gasteiger charge is 2.82. The Morgan fingerprint density at radius 3 is 1.52 bits per heavy atom. The van der Waals surface area contributed by atoms with Crippen LogP contribution in [0.25, 0.3) is 5.69 Å². The minimum Gasteiger partial charge on any atom is -0.194 e. The maximum Gasteiger partial charge on any atom is 0.460 e. The number of hydrogen-bond acceptors (Lipinski definition) is 0. The lowest BCUT2D eigenvalue weighted by Crippen LogP contribution is -2.59. The Balaban J connectivity index is 2.42. The zero-order valence-electron chi connectivity index (χ0n) is 12.0. The van der Waals surface area contributed by atoms with E-state index in [9.17, 15) is 39.5 Å². The lowest BCUT2D eigenvalue weighted by Gasteiger charge is -2.33. The van der Waals surface area contributed by atoms with E-state index < -0.39 is 29.5 Å². The lowest BCUT2D eigenvalue weighted by atomic mass is 9.96. The summed E-state index contributed by atoms with van der Waals surface area (Å²) in [6.07, 6.45) is -3.86. The van der Waals surface area contributed by atoms with Crippen LogP contribution in [0.5, 0.6) is 0 Å². The van der Waals surface area contributed by atoms with Crippen molar-refractivity contribution in [3.8, 4) is 5.69 Å². The number of benzene rings is 1. The van der Waals surface area contributed by atoms with Crippen LogP contribution in [0, 0.1) is 0 Å². The third-order valence-corrected chi connectivity index (χ3v) is 3.39. The maximum absolute atomic E-state index is 13.8. The van der Waals surface area contributed by atoms with E-state index in [1.54, 1.807) is 18.2 Å². The van der Waals surface area contributed by atoms with Gasteiger partial charge in [0, 0.05) is 29.8 Å². The zero-order chi connectivity index (χ0) is 19.1. The highest BCUT2D eigenvalue weighted by Crippen LogP contribution is 2.56. The molecule has 0 radical (unpaired) electrons. The van der Waals surface area contributed by atoms with Gasteiger partial charge in [0.25, 0.3) is 0 Å². The summed E-state index contributed by atoms with van der Waals surface area (Å²) in [4.78, 5) is 0. The van der Waals surface area contributed by atoms with Crippen molar-refractivity contribution in [2.45, 2.75) is 23.9 Å². The number of hydrogen-bond donors (Lipinski definition) is 0. The first-order chi connectivity index (χ1) is 11.3. The SMILES string of the molecule is FC(F)(F)C(F)(F)C(F)(F)C(F)(F)c1ccc(-[n+]2ccccc2)cc1. The molecule has 2 aromatic rings. The molecule has 1 aromatic carbocycles. The van der Waals surface area contributed by atoms with E-state index in [4.69, 9.17) is 0 Å². The van der Waals surface area contributed by atoms with Crippen molar-refractivity contribution in [1.82, 2.24) is 0 Å². The van der Waals surface area contributed by atoms with Crippen LogP contribution in [0.1, 0.15) is 5.56 Å². The molecule has 0 bridgehead atoms. The molecule has 0 aliphatic heterocycles. The minimum absolute atomic E-state index is 0.214. The van der Waals surface area contributed by atoms with Crippen LogP contribution in [-0.2, 0) is 5.92 Å². The van der Waals surface area contributed by atoms with Gasteiger partial charge in [0.15, 0.2) is 12.4 Å². The van der Waals surface area contributed by atoms with Crippen LogP contribution in [0.3, 0.4) is 0 Å². The molecule has 2 rings (SSSR count). The molecule has 0 amide bonds. The van der Waals surface area contributed by atoms with Crippen molar-refractivity contribution < 1.29 is 44.1 Å². The molecule has 0 saturated heterocycles. The molecular formula is C15H9F9N+. The van der Waals surface area contributed by atoms with Gasteiger partial charge in [-0.3, -0.25) is 0 Å². The molecule has 0 aliphatic carbocycles. The number of rotatable bonds is 4. The van der Waals surface area contributed by atoms with Gasteiger partial charge in [-0.2, -0.15) is 44.1 Å². The fraction of sp³-hybridized carbons (Fsp3) is 0.267. The molecule has 0 aliphatic rings.